The summed E-state index contributed by atoms with van der Waals surface area (Å²) >= 11 is 5.76. The van der Waals surface area contributed by atoms with Crippen molar-refractivity contribution >= 4 is 18.5 Å². The summed E-state index contributed by atoms with van der Waals surface area (Å²) in [5, 5.41) is 0. The third-order valence-corrected chi connectivity index (χ3v) is 6.57. The predicted molar refractivity (Wildman–Crippen MR) is 63.2 cm³/mol. The van der Waals surface area contributed by atoms with Gasteiger partial charge in [-0.2, -0.15) is 24.3 Å². The normalized spacial score (nSPS) is 16.4. The Kier molecular flexibility index (Phi) is 4.43. The van der Waals surface area contributed by atoms with Gasteiger partial charge in [-0.3, -0.25) is 0 Å². The van der Waals surface area contributed by atoms with Gasteiger partial charge in [-0.1, -0.05) is 36.9 Å². The topological polar surface area (TPSA) is 0 Å². The van der Waals surface area contributed by atoms with Crippen LogP contribution in [0, 0.1) is 0 Å². The van der Waals surface area contributed by atoms with Gasteiger partial charge in [0.2, 0.25) is 7.38 Å². The lowest BCUT2D eigenvalue weighted by Gasteiger charge is -2.30. The molecule has 0 spiro atoms. The molecular formula is C11H12ClF5Si. The second-order valence-electron chi connectivity index (χ2n) is 4.36. The van der Waals surface area contributed by atoms with Gasteiger partial charge in [-0.15, -0.1) is 0 Å². The highest BCUT2D eigenvalue weighted by Crippen LogP contribution is 2.41. The van der Waals surface area contributed by atoms with E-state index in [4.69, 9.17) is 11.1 Å². The Labute approximate surface area is 107 Å². The molecule has 1 unspecified atom stereocenters. The van der Waals surface area contributed by atoms with Crippen molar-refractivity contribution in [2.24, 2.45) is 0 Å². The van der Waals surface area contributed by atoms with Crippen molar-refractivity contribution in [2.75, 3.05) is 0 Å². The first-order valence-corrected chi connectivity index (χ1v) is 8.93. The molecule has 102 valence electrons. The van der Waals surface area contributed by atoms with Crippen LogP contribution in [0.2, 0.25) is 6.55 Å². The number of hydrogen-bond acceptors (Lipinski definition) is 0. The van der Waals surface area contributed by atoms with Crippen LogP contribution in [-0.2, 0) is 6.04 Å². The molecule has 0 heterocycles. The number of alkyl halides is 5. The average Bonchev–Trinajstić information content (AvgIpc) is 2.14. The number of rotatable bonds is 4. The van der Waals surface area contributed by atoms with E-state index in [1.165, 1.54) is 0 Å². The maximum Gasteiger partial charge on any atom is 0.394 e. The molecule has 1 aromatic carbocycles. The summed E-state index contributed by atoms with van der Waals surface area (Å²) in [6.45, 7) is 1.06. The lowest BCUT2D eigenvalue weighted by Crippen LogP contribution is -2.50. The molecule has 0 N–H and O–H groups in total. The van der Waals surface area contributed by atoms with Crippen molar-refractivity contribution in [3.63, 3.8) is 0 Å². The van der Waals surface area contributed by atoms with Gasteiger partial charge >= 0.3 is 6.18 Å². The van der Waals surface area contributed by atoms with Crippen LogP contribution in [0.4, 0.5) is 22.0 Å². The lowest BCUT2D eigenvalue weighted by molar-refractivity contribution is -0.169. The minimum Gasteiger partial charge on any atom is -0.210 e. The molecule has 0 aliphatic rings. The summed E-state index contributed by atoms with van der Waals surface area (Å²) in [4.78, 5) is 0. The van der Waals surface area contributed by atoms with E-state index in [-0.39, 0.29) is 6.04 Å². The maximum absolute atomic E-state index is 13.6. The Morgan fingerprint density at radius 3 is 2.00 bits per heavy atom. The summed E-state index contributed by atoms with van der Waals surface area (Å²) in [7, 11) is -3.86. The van der Waals surface area contributed by atoms with E-state index < -0.39 is 25.5 Å². The van der Waals surface area contributed by atoms with Crippen molar-refractivity contribution in [3.05, 3.63) is 35.9 Å². The van der Waals surface area contributed by atoms with E-state index in [0.717, 1.165) is 6.55 Å². The van der Waals surface area contributed by atoms with Crippen LogP contribution < -0.4 is 0 Å². The van der Waals surface area contributed by atoms with Crippen LogP contribution in [0.3, 0.4) is 0 Å². The zero-order valence-corrected chi connectivity index (χ0v) is 11.3. The smallest absolute Gasteiger partial charge is 0.210 e. The second kappa shape index (κ2) is 5.17. The molecule has 0 saturated heterocycles. The Balaban J connectivity index is 2.85. The van der Waals surface area contributed by atoms with Crippen molar-refractivity contribution in [1.29, 1.82) is 0 Å². The number of halogens is 6. The highest BCUT2D eigenvalue weighted by atomic mass is 35.6. The van der Waals surface area contributed by atoms with Gasteiger partial charge in [0.05, 0.1) is 0 Å². The Morgan fingerprint density at radius 2 is 1.56 bits per heavy atom. The predicted octanol–water partition coefficient (Wildman–Crippen LogP) is 4.71. The highest BCUT2D eigenvalue weighted by Gasteiger charge is 2.56. The average molecular weight is 303 g/mol. The molecule has 7 heteroatoms. The molecule has 0 nitrogen and oxygen atoms in total. The Bertz CT molecular complexity index is 388. The fraction of sp³-hybridized carbons (Fsp3) is 0.455. The van der Waals surface area contributed by atoms with Gasteiger partial charge in [0, 0.05) is 0 Å². The third-order valence-electron chi connectivity index (χ3n) is 2.56. The molecular weight excluding hydrogens is 291 g/mol. The highest BCUT2D eigenvalue weighted by molar-refractivity contribution is 7.20. The number of benzene rings is 1. The van der Waals surface area contributed by atoms with Crippen LogP contribution in [0.1, 0.15) is 12.0 Å². The molecule has 18 heavy (non-hydrogen) atoms. The van der Waals surface area contributed by atoms with Gasteiger partial charge in [-0.05, 0) is 11.6 Å². The molecule has 1 atom stereocenters. The fourth-order valence-corrected chi connectivity index (χ4v) is 4.04. The minimum atomic E-state index is -4.91. The molecule has 0 aliphatic heterocycles. The van der Waals surface area contributed by atoms with Crippen molar-refractivity contribution in [3.8, 4) is 0 Å². The van der Waals surface area contributed by atoms with Crippen molar-refractivity contribution in [2.45, 2.75) is 30.7 Å². The van der Waals surface area contributed by atoms with Gasteiger partial charge < -0.3 is 0 Å². The minimum absolute atomic E-state index is 0.196. The Hall–Kier alpha value is -0.623. The van der Waals surface area contributed by atoms with Crippen LogP contribution in [0.25, 0.3) is 0 Å². The third kappa shape index (κ3) is 4.24. The summed E-state index contributed by atoms with van der Waals surface area (Å²) in [5.74, 6) is 0. The second-order valence-corrected chi connectivity index (χ2v) is 10.3. The van der Waals surface area contributed by atoms with E-state index in [1.807, 2.05) is 0 Å². The van der Waals surface area contributed by atoms with Crippen LogP contribution in [0.5, 0.6) is 0 Å². The fourth-order valence-electron chi connectivity index (χ4n) is 1.54. The van der Waals surface area contributed by atoms with Crippen molar-refractivity contribution in [1.82, 2.24) is 0 Å². The standard InChI is InChI=1S/C11H12ClF5Si/c1-18(12,7-9-5-3-2-4-6-9)11(16,17)8-10(13,14)15/h2-6H,7-8H2,1H3. The summed E-state index contributed by atoms with van der Waals surface area (Å²) in [6, 6.07) is 7.94. The Morgan fingerprint density at radius 1 is 1.06 bits per heavy atom. The molecule has 0 fully saturated rings. The van der Waals surface area contributed by atoms with Gasteiger partial charge in [-0.25, -0.2) is 8.78 Å². The van der Waals surface area contributed by atoms with E-state index in [0.29, 0.717) is 5.56 Å². The van der Waals surface area contributed by atoms with E-state index >= 15 is 0 Å². The largest absolute Gasteiger partial charge is 0.394 e. The quantitative estimate of drug-likeness (QED) is 0.429. The van der Waals surface area contributed by atoms with Gasteiger partial charge in [0.1, 0.15) is 6.42 Å². The van der Waals surface area contributed by atoms with Crippen LogP contribution in [0.15, 0.2) is 30.3 Å². The molecule has 0 radical (unpaired) electrons. The zero-order valence-electron chi connectivity index (χ0n) is 9.57. The molecule has 0 saturated carbocycles. The zero-order chi connectivity index (χ0) is 14.0. The van der Waals surface area contributed by atoms with Crippen molar-refractivity contribution < 1.29 is 22.0 Å². The van der Waals surface area contributed by atoms with E-state index in [2.05, 4.69) is 0 Å². The molecule has 1 aromatic rings. The first-order chi connectivity index (χ1) is 8.04. The van der Waals surface area contributed by atoms with Crippen LogP contribution >= 0.6 is 11.1 Å². The lowest BCUT2D eigenvalue weighted by atomic mass is 10.2. The molecule has 0 aromatic heterocycles. The van der Waals surface area contributed by atoms with Gasteiger partial charge in [0.15, 0.2) is 0 Å². The van der Waals surface area contributed by atoms with Gasteiger partial charge in [0.25, 0.3) is 5.55 Å². The SMILES string of the molecule is C[Si](Cl)(Cc1ccccc1)C(F)(F)CC(F)(F)F. The molecule has 0 aliphatic carbocycles. The number of hydrogen-bond donors (Lipinski definition) is 0. The molecule has 1 rings (SSSR count). The summed E-state index contributed by atoms with van der Waals surface area (Å²) < 4.78 is 63.5. The molecule has 0 bridgehead atoms. The van der Waals surface area contributed by atoms with E-state index in [9.17, 15) is 22.0 Å². The molecule has 0 amide bonds. The monoisotopic (exact) mass is 302 g/mol. The summed E-state index contributed by atoms with van der Waals surface area (Å²) in [5.41, 5.74) is -3.36. The summed E-state index contributed by atoms with van der Waals surface area (Å²) in [6.07, 6.45) is -7.07. The van der Waals surface area contributed by atoms with Crippen LogP contribution in [-0.4, -0.2) is 19.1 Å². The maximum atomic E-state index is 13.6. The first kappa shape index (κ1) is 15.4. The van der Waals surface area contributed by atoms with E-state index in [1.54, 1.807) is 30.3 Å². The first-order valence-electron chi connectivity index (χ1n) is 5.21.